The first kappa shape index (κ1) is 14.7. The van der Waals surface area contributed by atoms with Gasteiger partial charge in [0.1, 0.15) is 0 Å². The highest BCUT2D eigenvalue weighted by Gasteiger charge is 2.36. The van der Waals surface area contributed by atoms with E-state index in [1.807, 2.05) is 0 Å². The Hall–Kier alpha value is -0.380. The van der Waals surface area contributed by atoms with E-state index < -0.39 is 0 Å². The van der Waals surface area contributed by atoms with Crippen LogP contribution in [0.5, 0.6) is 0 Å². The molecule has 2 atom stereocenters. The first-order valence-electron chi connectivity index (χ1n) is 6.55. The van der Waals surface area contributed by atoms with Crippen molar-refractivity contribution < 1.29 is 0 Å². The minimum Gasteiger partial charge on any atom is -0.322 e. The van der Waals surface area contributed by atoms with E-state index >= 15 is 0 Å². The van der Waals surface area contributed by atoms with Crippen molar-refractivity contribution in [2.75, 3.05) is 13.1 Å². The number of rotatable bonds is 6. The van der Waals surface area contributed by atoms with Gasteiger partial charge in [0.15, 0.2) is 0 Å². The van der Waals surface area contributed by atoms with E-state index in [0.29, 0.717) is 0 Å². The summed E-state index contributed by atoms with van der Waals surface area (Å²) in [7, 11) is 0. The molecule has 0 aliphatic heterocycles. The topological polar surface area (TPSA) is 29.3 Å². The van der Waals surface area contributed by atoms with Crippen LogP contribution in [0.25, 0.3) is 0 Å². The highest BCUT2D eigenvalue weighted by atomic mass is 32.1. The molecule has 0 aliphatic carbocycles. The van der Waals surface area contributed by atoms with Crippen LogP contribution in [0.3, 0.4) is 0 Å². The maximum absolute atomic E-state index is 6.55. The molecule has 0 bridgehead atoms. The Morgan fingerprint density at radius 3 is 2.29 bits per heavy atom. The summed E-state index contributed by atoms with van der Waals surface area (Å²) in [6, 6.07) is 2.27. The van der Waals surface area contributed by atoms with Crippen molar-refractivity contribution in [3.63, 3.8) is 0 Å². The van der Waals surface area contributed by atoms with E-state index in [1.165, 1.54) is 10.4 Å². The lowest BCUT2D eigenvalue weighted by atomic mass is 9.86. The Labute approximate surface area is 110 Å². The fourth-order valence-electron chi connectivity index (χ4n) is 2.57. The zero-order chi connectivity index (χ0) is 13.1. The highest BCUT2D eigenvalue weighted by molar-refractivity contribution is 7.10. The van der Waals surface area contributed by atoms with Gasteiger partial charge >= 0.3 is 0 Å². The Kier molecular flexibility index (Phi) is 5.17. The van der Waals surface area contributed by atoms with Crippen LogP contribution in [0.4, 0.5) is 0 Å². The molecule has 0 aliphatic rings. The summed E-state index contributed by atoms with van der Waals surface area (Å²) in [5, 5.41) is 2.14. The van der Waals surface area contributed by atoms with Crippen LogP contribution in [0.2, 0.25) is 0 Å². The van der Waals surface area contributed by atoms with Gasteiger partial charge in [0, 0.05) is 10.4 Å². The SMILES string of the molecule is CCN(CC)C(C)(CC)C(N)c1sccc1C. The van der Waals surface area contributed by atoms with Crippen molar-refractivity contribution in [1.82, 2.24) is 4.90 Å². The molecule has 2 nitrogen and oxygen atoms in total. The van der Waals surface area contributed by atoms with Crippen molar-refractivity contribution in [2.24, 2.45) is 5.73 Å². The summed E-state index contributed by atoms with van der Waals surface area (Å²) in [6.07, 6.45) is 1.08. The van der Waals surface area contributed by atoms with Gasteiger partial charge in [-0.1, -0.05) is 20.8 Å². The minimum atomic E-state index is 0.0547. The second kappa shape index (κ2) is 5.98. The Morgan fingerprint density at radius 1 is 1.35 bits per heavy atom. The molecular weight excluding hydrogens is 228 g/mol. The first-order valence-corrected chi connectivity index (χ1v) is 7.43. The monoisotopic (exact) mass is 254 g/mol. The highest BCUT2D eigenvalue weighted by Crippen LogP contribution is 2.36. The van der Waals surface area contributed by atoms with Gasteiger partial charge in [-0.05, 0) is 50.4 Å². The van der Waals surface area contributed by atoms with E-state index in [-0.39, 0.29) is 11.6 Å². The standard InChI is InChI=1S/C14H26N2S/c1-6-14(5,16(7-2)8-3)13(15)12-11(4)9-10-17-12/h9-10,13H,6-8,15H2,1-5H3. The Balaban J connectivity index is 3.04. The number of hydrogen-bond donors (Lipinski definition) is 1. The second-order valence-electron chi connectivity index (χ2n) is 4.83. The van der Waals surface area contributed by atoms with Crippen LogP contribution < -0.4 is 5.73 Å². The van der Waals surface area contributed by atoms with E-state index in [9.17, 15) is 0 Å². The Bertz CT molecular complexity index is 344. The molecule has 0 amide bonds. The minimum absolute atomic E-state index is 0.0547. The molecule has 1 rings (SSSR count). The molecule has 98 valence electrons. The average molecular weight is 254 g/mol. The molecule has 0 saturated carbocycles. The summed E-state index contributed by atoms with van der Waals surface area (Å²) in [5.74, 6) is 0. The third-order valence-electron chi connectivity index (χ3n) is 4.06. The summed E-state index contributed by atoms with van der Waals surface area (Å²) in [6.45, 7) is 13.2. The van der Waals surface area contributed by atoms with E-state index in [0.717, 1.165) is 19.5 Å². The number of likely N-dealkylation sites (N-methyl/N-ethyl adjacent to an activating group) is 1. The quantitative estimate of drug-likeness (QED) is 0.841. The van der Waals surface area contributed by atoms with Gasteiger partial charge in [-0.3, -0.25) is 4.90 Å². The van der Waals surface area contributed by atoms with Crippen LogP contribution in [-0.2, 0) is 0 Å². The molecule has 0 spiro atoms. The molecule has 2 unspecified atom stereocenters. The van der Waals surface area contributed by atoms with Crippen LogP contribution in [0.15, 0.2) is 11.4 Å². The van der Waals surface area contributed by atoms with E-state index in [4.69, 9.17) is 5.73 Å². The van der Waals surface area contributed by atoms with Crippen LogP contribution in [-0.4, -0.2) is 23.5 Å². The second-order valence-corrected chi connectivity index (χ2v) is 5.78. The van der Waals surface area contributed by atoms with Crippen LogP contribution in [0, 0.1) is 6.92 Å². The van der Waals surface area contributed by atoms with Gasteiger partial charge in [0.25, 0.3) is 0 Å². The van der Waals surface area contributed by atoms with Gasteiger partial charge in [-0.25, -0.2) is 0 Å². The lowest BCUT2D eigenvalue weighted by Gasteiger charge is -2.44. The predicted octanol–water partition coefficient (Wildman–Crippen LogP) is 3.57. The van der Waals surface area contributed by atoms with Crippen molar-refractivity contribution >= 4 is 11.3 Å². The van der Waals surface area contributed by atoms with Crippen molar-refractivity contribution in [3.05, 3.63) is 21.9 Å². The van der Waals surface area contributed by atoms with Gasteiger partial charge in [-0.2, -0.15) is 0 Å². The van der Waals surface area contributed by atoms with Gasteiger partial charge in [-0.15, -0.1) is 11.3 Å². The number of nitrogens with zero attached hydrogens (tertiary/aromatic N) is 1. The van der Waals surface area contributed by atoms with Gasteiger partial charge in [0.2, 0.25) is 0 Å². The summed E-state index contributed by atoms with van der Waals surface area (Å²) < 4.78 is 0. The fraction of sp³-hybridized carbons (Fsp3) is 0.714. The summed E-state index contributed by atoms with van der Waals surface area (Å²) >= 11 is 1.79. The molecule has 1 aromatic rings. The van der Waals surface area contributed by atoms with Crippen LogP contribution >= 0.6 is 11.3 Å². The number of aryl methyl sites for hydroxylation is 1. The summed E-state index contributed by atoms with van der Waals surface area (Å²) in [5.41, 5.74) is 7.93. The average Bonchev–Trinajstić information content (AvgIpc) is 2.75. The number of thiophene rings is 1. The molecule has 0 fully saturated rings. The molecular formula is C14H26N2S. The smallest absolute Gasteiger partial charge is 0.0576 e. The predicted molar refractivity (Wildman–Crippen MR) is 77.6 cm³/mol. The zero-order valence-corrected chi connectivity index (χ0v) is 12.6. The lowest BCUT2D eigenvalue weighted by molar-refractivity contribution is 0.0854. The molecule has 3 heteroatoms. The molecule has 0 aromatic carbocycles. The van der Waals surface area contributed by atoms with Crippen molar-refractivity contribution in [1.29, 1.82) is 0 Å². The maximum atomic E-state index is 6.55. The normalized spacial score (nSPS) is 17.1. The first-order chi connectivity index (χ1) is 8.01. The summed E-state index contributed by atoms with van der Waals surface area (Å²) in [4.78, 5) is 3.82. The van der Waals surface area contributed by atoms with Gasteiger partial charge in [0.05, 0.1) is 6.04 Å². The lowest BCUT2D eigenvalue weighted by Crippen LogP contribution is -2.52. The van der Waals surface area contributed by atoms with E-state index in [1.54, 1.807) is 11.3 Å². The molecule has 2 N–H and O–H groups in total. The Morgan fingerprint density at radius 2 is 1.94 bits per heavy atom. The maximum Gasteiger partial charge on any atom is 0.0576 e. The third-order valence-corrected chi connectivity index (χ3v) is 5.16. The fourth-order valence-corrected chi connectivity index (χ4v) is 3.64. The third kappa shape index (κ3) is 2.72. The van der Waals surface area contributed by atoms with Gasteiger partial charge < -0.3 is 5.73 Å². The molecule has 17 heavy (non-hydrogen) atoms. The van der Waals surface area contributed by atoms with Crippen LogP contribution in [0.1, 0.15) is 50.6 Å². The molecule has 0 saturated heterocycles. The zero-order valence-electron chi connectivity index (χ0n) is 11.8. The molecule has 1 heterocycles. The number of hydrogen-bond acceptors (Lipinski definition) is 3. The molecule has 0 radical (unpaired) electrons. The van der Waals surface area contributed by atoms with E-state index in [2.05, 4.69) is 51.0 Å². The van der Waals surface area contributed by atoms with Crippen molar-refractivity contribution in [2.45, 2.75) is 52.6 Å². The number of nitrogens with two attached hydrogens (primary N) is 1. The molecule has 1 aromatic heterocycles. The largest absolute Gasteiger partial charge is 0.322 e. The van der Waals surface area contributed by atoms with Crippen molar-refractivity contribution in [3.8, 4) is 0 Å².